The van der Waals surface area contributed by atoms with E-state index in [1.54, 1.807) is 18.2 Å². The van der Waals surface area contributed by atoms with Crippen LogP contribution in [0.25, 0.3) is 0 Å². The Kier molecular flexibility index (Phi) is 5.40. The molecular formula is C11H15BrN2O3. The second-order valence-electron chi connectivity index (χ2n) is 3.59. The van der Waals surface area contributed by atoms with Crippen LogP contribution in [0.4, 0.5) is 5.69 Å². The van der Waals surface area contributed by atoms with Gasteiger partial charge in [0.05, 0.1) is 12.7 Å². The van der Waals surface area contributed by atoms with E-state index in [1.807, 2.05) is 0 Å². The normalized spacial score (nSPS) is 12.2. The molecule has 4 N–H and O–H groups in total. The van der Waals surface area contributed by atoms with Gasteiger partial charge in [0.1, 0.15) is 0 Å². The largest absolute Gasteiger partial charge is 0.399 e. The van der Waals surface area contributed by atoms with Gasteiger partial charge in [-0.1, -0.05) is 15.9 Å². The first kappa shape index (κ1) is 14.0. The Morgan fingerprint density at radius 1 is 1.59 bits per heavy atom. The SMILES string of the molecule is COCC(O)CNC(=O)c1cc(N)cc(Br)c1. The summed E-state index contributed by atoms with van der Waals surface area (Å²) in [6.07, 6.45) is -0.714. The van der Waals surface area contributed by atoms with Gasteiger partial charge >= 0.3 is 0 Å². The van der Waals surface area contributed by atoms with E-state index in [4.69, 9.17) is 10.5 Å². The topological polar surface area (TPSA) is 84.6 Å². The number of nitrogens with one attached hydrogen (secondary N) is 1. The highest BCUT2D eigenvalue weighted by Gasteiger charge is 2.09. The number of carbonyl (C=O) groups excluding carboxylic acids is 1. The van der Waals surface area contributed by atoms with Gasteiger partial charge in [-0.2, -0.15) is 0 Å². The fourth-order valence-electron chi connectivity index (χ4n) is 1.31. The number of ether oxygens (including phenoxy) is 1. The number of carbonyl (C=O) groups is 1. The minimum atomic E-state index is -0.714. The van der Waals surface area contributed by atoms with Crippen LogP contribution in [0, 0.1) is 0 Å². The number of benzene rings is 1. The van der Waals surface area contributed by atoms with Crippen molar-refractivity contribution in [3.05, 3.63) is 28.2 Å². The second kappa shape index (κ2) is 6.58. The lowest BCUT2D eigenvalue weighted by atomic mass is 10.2. The van der Waals surface area contributed by atoms with Gasteiger partial charge in [0.25, 0.3) is 5.91 Å². The zero-order chi connectivity index (χ0) is 12.8. The Balaban J connectivity index is 2.58. The molecule has 17 heavy (non-hydrogen) atoms. The quantitative estimate of drug-likeness (QED) is 0.701. The maximum absolute atomic E-state index is 11.7. The standard InChI is InChI=1S/C11H15BrN2O3/c1-17-6-10(15)5-14-11(16)7-2-8(12)4-9(13)3-7/h2-4,10,15H,5-6,13H2,1H3,(H,14,16). The van der Waals surface area contributed by atoms with E-state index in [9.17, 15) is 9.90 Å². The highest BCUT2D eigenvalue weighted by Crippen LogP contribution is 2.17. The molecule has 0 aromatic heterocycles. The fraction of sp³-hybridized carbons (Fsp3) is 0.364. The van der Waals surface area contributed by atoms with Crippen LogP contribution in [0.5, 0.6) is 0 Å². The van der Waals surface area contributed by atoms with Crippen LogP contribution in [0.2, 0.25) is 0 Å². The summed E-state index contributed by atoms with van der Waals surface area (Å²) in [4.78, 5) is 11.7. The molecule has 1 aromatic carbocycles. The zero-order valence-electron chi connectivity index (χ0n) is 9.44. The van der Waals surface area contributed by atoms with Crippen LogP contribution in [0.3, 0.4) is 0 Å². The van der Waals surface area contributed by atoms with Gasteiger partial charge in [-0.05, 0) is 18.2 Å². The van der Waals surface area contributed by atoms with Crippen LogP contribution in [-0.2, 0) is 4.74 Å². The lowest BCUT2D eigenvalue weighted by Gasteiger charge is -2.11. The van der Waals surface area contributed by atoms with Crippen LogP contribution in [-0.4, -0.2) is 37.4 Å². The van der Waals surface area contributed by atoms with Crippen LogP contribution >= 0.6 is 15.9 Å². The van der Waals surface area contributed by atoms with Gasteiger partial charge in [0.15, 0.2) is 0 Å². The number of aliphatic hydroxyl groups is 1. The van der Waals surface area contributed by atoms with Gasteiger partial charge < -0.3 is 20.9 Å². The Morgan fingerprint density at radius 3 is 2.88 bits per heavy atom. The number of halogens is 1. The molecule has 0 aliphatic heterocycles. The molecule has 0 aliphatic rings. The van der Waals surface area contributed by atoms with E-state index in [1.165, 1.54) is 7.11 Å². The minimum absolute atomic E-state index is 0.138. The molecule has 0 aliphatic carbocycles. The summed E-state index contributed by atoms with van der Waals surface area (Å²) in [6, 6.07) is 4.94. The fourth-order valence-corrected chi connectivity index (χ4v) is 1.82. The van der Waals surface area contributed by atoms with E-state index in [2.05, 4.69) is 21.2 Å². The predicted molar refractivity (Wildman–Crippen MR) is 68.8 cm³/mol. The molecule has 5 nitrogen and oxygen atoms in total. The molecule has 1 amide bonds. The maximum Gasteiger partial charge on any atom is 0.251 e. The molecule has 0 saturated carbocycles. The Morgan fingerprint density at radius 2 is 2.29 bits per heavy atom. The second-order valence-corrected chi connectivity index (χ2v) is 4.51. The third kappa shape index (κ3) is 4.72. The number of hydrogen-bond acceptors (Lipinski definition) is 4. The van der Waals surface area contributed by atoms with Crippen molar-refractivity contribution in [3.8, 4) is 0 Å². The first-order valence-corrected chi connectivity index (χ1v) is 5.83. The van der Waals surface area contributed by atoms with E-state index < -0.39 is 6.10 Å². The third-order valence-corrected chi connectivity index (χ3v) is 2.50. The molecule has 94 valence electrons. The number of methoxy groups -OCH3 is 1. The highest BCUT2D eigenvalue weighted by molar-refractivity contribution is 9.10. The Labute approximate surface area is 108 Å². The molecule has 6 heteroatoms. The molecule has 1 aromatic rings. The summed E-state index contributed by atoms with van der Waals surface area (Å²) in [5.74, 6) is -0.284. The summed E-state index contributed by atoms with van der Waals surface area (Å²) >= 11 is 3.26. The van der Waals surface area contributed by atoms with E-state index >= 15 is 0 Å². The van der Waals surface area contributed by atoms with E-state index in [-0.39, 0.29) is 19.1 Å². The molecule has 0 spiro atoms. The number of amides is 1. The van der Waals surface area contributed by atoms with Gasteiger partial charge in [-0.25, -0.2) is 0 Å². The van der Waals surface area contributed by atoms with Crippen LogP contribution in [0.15, 0.2) is 22.7 Å². The van der Waals surface area contributed by atoms with Crippen molar-refractivity contribution in [3.63, 3.8) is 0 Å². The van der Waals surface area contributed by atoms with Crippen molar-refractivity contribution in [2.45, 2.75) is 6.10 Å². The third-order valence-electron chi connectivity index (χ3n) is 2.04. The average molecular weight is 303 g/mol. The molecule has 1 unspecified atom stereocenters. The minimum Gasteiger partial charge on any atom is -0.399 e. The van der Waals surface area contributed by atoms with Crippen LogP contribution < -0.4 is 11.1 Å². The number of rotatable bonds is 5. The van der Waals surface area contributed by atoms with Gasteiger partial charge in [-0.15, -0.1) is 0 Å². The monoisotopic (exact) mass is 302 g/mol. The van der Waals surface area contributed by atoms with Gasteiger partial charge in [0.2, 0.25) is 0 Å². The molecule has 1 rings (SSSR count). The van der Waals surface area contributed by atoms with Crippen molar-refractivity contribution in [2.75, 3.05) is 26.0 Å². The first-order valence-electron chi connectivity index (χ1n) is 5.04. The summed E-state index contributed by atoms with van der Waals surface area (Å²) < 4.78 is 5.49. The Hall–Kier alpha value is -1.11. The lowest BCUT2D eigenvalue weighted by Crippen LogP contribution is -2.34. The number of nitrogen functional groups attached to an aromatic ring is 1. The van der Waals surface area contributed by atoms with Crippen molar-refractivity contribution in [1.82, 2.24) is 5.32 Å². The van der Waals surface area contributed by atoms with Crippen molar-refractivity contribution in [1.29, 1.82) is 0 Å². The molecule has 0 fully saturated rings. The van der Waals surface area contributed by atoms with E-state index in [0.717, 1.165) is 4.47 Å². The van der Waals surface area contributed by atoms with Gasteiger partial charge in [0, 0.05) is 29.4 Å². The summed E-state index contributed by atoms with van der Waals surface area (Å²) in [7, 11) is 1.49. The molecular weight excluding hydrogens is 288 g/mol. The van der Waals surface area contributed by atoms with Crippen LogP contribution in [0.1, 0.15) is 10.4 Å². The highest BCUT2D eigenvalue weighted by atomic mass is 79.9. The first-order chi connectivity index (χ1) is 8.02. The van der Waals surface area contributed by atoms with Crippen molar-refractivity contribution >= 4 is 27.5 Å². The van der Waals surface area contributed by atoms with E-state index in [0.29, 0.717) is 11.3 Å². The summed E-state index contributed by atoms with van der Waals surface area (Å²) in [5, 5.41) is 12.0. The lowest BCUT2D eigenvalue weighted by molar-refractivity contribution is 0.0610. The number of nitrogens with two attached hydrogens (primary N) is 1. The van der Waals surface area contributed by atoms with Crippen molar-refractivity contribution < 1.29 is 14.6 Å². The molecule has 0 heterocycles. The number of anilines is 1. The number of aliphatic hydroxyl groups excluding tert-OH is 1. The Bertz CT molecular complexity index is 378. The smallest absolute Gasteiger partial charge is 0.251 e. The average Bonchev–Trinajstić information content (AvgIpc) is 2.25. The summed E-state index contributed by atoms with van der Waals surface area (Å²) in [6.45, 7) is 0.319. The predicted octanol–water partition coefficient (Wildman–Crippen LogP) is 0.768. The van der Waals surface area contributed by atoms with Crippen molar-refractivity contribution in [2.24, 2.45) is 0 Å². The molecule has 0 bridgehead atoms. The molecule has 0 saturated heterocycles. The maximum atomic E-state index is 11.7. The van der Waals surface area contributed by atoms with Gasteiger partial charge in [-0.3, -0.25) is 4.79 Å². The zero-order valence-corrected chi connectivity index (χ0v) is 11.0. The molecule has 1 atom stereocenters. The number of hydrogen-bond donors (Lipinski definition) is 3. The molecule has 0 radical (unpaired) electrons. The summed E-state index contributed by atoms with van der Waals surface area (Å²) in [5.41, 5.74) is 6.57.